The highest BCUT2D eigenvalue weighted by atomic mass is 33.3. The highest BCUT2D eigenvalue weighted by Gasteiger charge is 2.23. The van der Waals surface area contributed by atoms with Gasteiger partial charge in [-0.05, 0) is 11.2 Å². The van der Waals surface area contributed by atoms with E-state index in [1.807, 2.05) is 0 Å². The molecule has 1 aliphatic rings. The van der Waals surface area contributed by atoms with Crippen LogP contribution in [0.5, 0.6) is 0 Å². The number of hydrogen-bond acceptors (Lipinski definition) is 3. The minimum atomic E-state index is -2.00. The van der Waals surface area contributed by atoms with Gasteiger partial charge >= 0.3 is 0 Å². The lowest BCUT2D eigenvalue weighted by molar-refractivity contribution is 0.688. The van der Waals surface area contributed by atoms with Crippen LogP contribution in [0.1, 0.15) is 0 Å². The summed E-state index contributed by atoms with van der Waals surface area (Å²) in [5, 5.41) is 0. The summed E-state index contributed by atoms with van der Waals surface area (Å²) in [6.45, 7) is 0. The van der Waals surface area contributed by atoms with Crippen molar-refractivity contribution >= 4 is 29.5 Å². The summed E-state index contributed by atoms with van der Waals surface area (Å²) in [5.41, 5.74) is 0. The molecule has 4 heteroatoms. The summed E-state index contributed by atoms with van der Waals surface area (Å²) >= 11 is 4.75. The van der Waals surface area contributed by atoms with Gasteiger partial charge in [0.2, 0.25) is 0 Å². The molecule has 0 N–H and O–H groups in total. The van der Waals surface area contributed by atoms with Gasteiger partial charge < -0.3 is 0 Å². The molecule has 1 fully saturated rings. The van der Waals surface area contributed by atoms with Crippen LogP contribution in [0.4, 0.5) is 0 Å². The molecule has 50 valence electrons. The molecule has 0 amide bonds. The van der Waals surface area contributed by atoms with E-state index in [2.05, 4.69) is 5.92 Å². The van der Waals surface area contributed by atoms with Gasteiger partial charge in [0.15, 0.2) is 0 Å². The first-order valence-corrected chi connectivity index (χ1v) is 6.63. The molecule has 2 unspecified atom stereocenters. The molecule has 9 heavy (non-hydrogen) atoms. The molecule has 0 spiro atoms. The van der Waals surface area contributed by atoms with E-state index >= 15 is 0 Å². The van der Waals surface area contributed by atoms with Gasteiger partial charge in [-0.2, -0.15) is 0 Å². The van der Waals surface area contributed by atoms with Crippen molar-refractivity contribution < 1.29 is 4.21 Å². The van der Waals surface area contributed by atoms with Crippen molar-refractivity contribution in [1.82, 2.24) is 0 Å². The Labute approximate surface area is 63.7 Å². The smallest absolute Gasteiger partial charge is 0.0831 e. The quantitative estimate of drug-likeness (QED) is 0.400. The standard InChI is InChI=1S/C5H6OS3/c1-2-5-3-8-9(6,7)4-5/h1,5H,3-4H2. The third-order valence-corrected chi connectivity index (χ3v) is 5.97. The zero-order valence-corrected chi connectivity index (χ0v) is 7.15. The first kappa shape index (κ1) is 7.39. The molecule has 0 aromatic heterocycles. The van der Waals surface area contributed by atoms with Crippen LogP contribution in [0, 0.1) is 18.3 Å². The van der Waals surface area contributed by atoms with E-state index in [-0.39, 0.29) is 5.92 Å². The van der Waals surface area contributed by atoms with Crippen LogP contribution >= 0.6 is 10.8 Å². The monoisotopic (exact) mass is 178 g/mol. The molecule has 0 saturated carbocycles. The maximum absolute atomic E-state index is 11.0. The molecule has 2 atom stereocenters. The molecule has 1 aliphatic heterocycles. The molecular formula is C5H6OS3. The number of hydrogen-bond donors (Lipinski definition) is 0. The second kappa shape index (κ2) is 2.49. The lowest BCUT2D eigenvalue weighted by atomic mass is 10.2. The molecule has 1 nitrogen and oxygen atoms in total. The topological polar surface area (TPSA) is 17.1 Å². The van der Waals surface area contributed by atoms with Crippen LogP contribution in [0.3, 0.4) is 0 Å². The fourth-order valence-corrected chi connectivity index (χ4v) is 5.05. The first-order valence-electron chi connectivity index (χ1n) is 2.47. The molecular weight excluding hydrogens is 172 g/mol. The predicted octanol–water partition coefficient (Wildman–Crippen LogP) is 0.644. The maximum Gasteiger partial charge on any atom is 0.0831 e. The molecule has 0 bridgehead atoms. The van der Waals surface area contributed by atoms with Crippen molar-refractivity contribution in [1.29, 1.82) is 0 Å². The van der Waals surface area contributed by atoms with Gasteiger partial charge in [-0.1, -0.05) is 10.8 Å². The molecule has 1 rings (SSSR count). The van der Waals surface area contributed by atoms with Crippen molar-refractivity contribution in [3.05, 3.63) is 0 Å². The van der Waals surface area contributed by atoms with Gasteiger partial charge in [0.1, 0.15) is 0 Å². The Kier molecular flexibility index (Phi) is 2.04. The summed E-state index contributed by atoms with van der Waals surface area (Å²) < 4.78 is 11.0. The SMILES string of the molecule is C#CC1CSS(=O)(=S)C1. The summed E-state index contributed by atoms with van der Waals surface area (Å²) in [6, 6.07) is 0. The lowest BCUT2D eigenvalue weighted by Gasteiger charge is -1.90. The van der Waals surface area contributed by atoms with Crippen molar-refractivity contribution in [2.24, 2.45) is 5.92 Å². The van der Waals surface area contributed by atoms with E-state index in [0.29, 0.717) is 5.75 Å². The van der Waals surface area contributed by atoms with Crippen molar-refractivity contribution in [3.63, 3.8) is 0 Å². The van der Waals surface area contributed by atoms with Gasteiger partial charge in [0.05, 0.1) is 7.52 Å². The zero-order chi connectivity index (χ0) is 6.91. The van der Waals surface area contributed by atoms with Crippen LogP contribution in [0.15, 0.2) is 0 Å². The second-order valence-corrected chi connectivity index (χ2v) is 8.46. The first-order chi connectivity index (χ1) is 4.14. The van der Waals surface area contributed by atoms with Crippen molar-refractivity contribution in [3.8, 4) is 12.3 Å². The predicted molar refractivity (Wildman–Crippen MR) is 45.2 cm³/mol. The zero-order valence-electron chi connectivity index (χ0n) is 4.70. The third-order valence-electron chi connectivity index (χ3n) is 1.09. The Morgan fingerprint density at radius 3 is 2.78 bits per heavy atom. The Morgan fingerprint density at radius 1 is 1.89 bits per heavy atom. The molecule has 1 saturated heterocycles. The van der Waals surface area contributed by atoms with Gasteiger partial charge in [-0.3, -0.25) is 0 Å². The van der Waals surface area contributed by atoms with Gasteiger partial charge in [0.25, 0.3) is 0 Å². The third kappa shape index (κ3) is 1.85. The summed E-state index contributed by atoms with van der Waals surface area (Å²) in [5.74, 6) is 4.01. The fraction of sp³-hybridized carbons (Fsp3) is 0.600. The minimum Gasteiger partial charge on any atom is -0.246 e. The van der Waals surface area contributed by atoms with Crippen molar-refractivity contribution in [2.45, 2.75) is 0 Å². The second-order valence-electron chi connectivity index (χ2n) is 1.87. The van der Waals surface area contributed by atoms with Gasteiger partial charge in [0, 0.05) is 17.4 Å². The van der Waals surface area contributed by atoms with Crippen LogP contribution in [-0.2, 0) is 18.7 Å². The number of terminal acetylenes is 1. The normalized spacial score (nSPS) is 42.3. The van der Waals surface area contributed by atoms with E-state index in [1.54, 1.807) is 0 Å². The molecule has 0 aromatic carbocycles. The van der Waals surface area contributed by atoms with Crippen LogP contribution in [-0.4, -0.2) is 15.7 Å². The van der Waals surface area contributed by atoms with Crippen LogP contribution < -0.4 is 0 Å². The van der Waals surface area contributed by atoms with E-state index in [9.17, 15) is 4.21 Å². The summed E-state index contributed by atoms with van der Waals surface area (Å²) in [4.78, 5) is 0. The Bertz CT molecular complexity index is 233. The molecule has 0 aromatic rings. The average Bonchev–Trinajstić information content (AvgIpc) is 2.10. The van der Waals surface area contributed by atoms with E-state index in [4.69, 9.17) is 17.6 Å². The van der Waals surface area contributed by atoms with Crippen molar-refractivity contribution in [2.75, 3.05) is 11.5 Å². The fourth-order valence-electron chi connectivity index (χ4n) is 0.625. The summed E-state index contributed by atoms with van der Waals surface area (Å²) in [6.07, 6.45) is 5.12. The average molecular weight is 178 g/mol. The van der Waals surface area contributed by atoms with Crippen LogP contribution in [0.2, 0.25) is 0 Å². The van der Waals surface area contributed by atoms with E-state index in [1.165, 1.54) is 10.8 Å². The summed E-state index contributed by atoms with van der Waals surface area (Å²) in [7, 11) is -0.668. The van der Waals surface area contributed by atoms with Crippen LogP contribution in [0.25, 0.3) is 0 Å². The Balaban J connectivity index is 2.72. The number of rotatable bonds is 0. The minimum absolute atomic E-state index is 0.153. The highest BCUT2D eigenvalue weighted by molar-refractivity contribution is 8.85. The maximum atomic E-state index is 11.0. The molecule has 0 radical (unpaired) electrons. The van der Waals surface area contributed by atoms with E-state index < -0.39 is 7.52 Å². The Hall–Kier alpha value is 0.280. The lowest BCUT2D eigenvalue weighted by Crippen LogP contribution is -2.00. The Morgan fingerprint density at radius 2 is 2.56 bits per heavy atom. The molecule has 1 heterocycles. The van der Waals surface area contributed by atoms with E-state index in [0.717, 1.165) is 5.75 Å². The molecule has 0 aliphatic carbocycles. The van der Waals surface area contributed by atoms with Gasteiger partial charge in [-0.25, -0.2) is 4.21 Å². The van der Waals surface area contributed by atoms with Gasteiger partial charge in [-0.15, -0.1) is 12.3 Å². The largest absolute Gasteiger partial charge is 0.246 e. The highest BCUT2D eigenvalue weighted by Crippen LogP contribution is 2.27.